The second kappa shape index (κ2) is 6.27. The predicted molar refractivity (Wildman–Crippen MR) is 65.3 cm³/mol. The summed E-state index contributed by atoms with van der Waals surface area (Å²) < 4.78 is 4.79. The second-order valence-corrected chi connectivity index (χ2v) is 4.17. The topological polar surface area (TPSA) is 72.5 Å². The highest BCUT2D eigenvalue weighted by atomic mass is 32.2. The molecule has 0 aliphatic heterocycles. The molecular weight excluding hydrogens is 226 g/mol. The molecule has 0 aliphatic carbocycles. The largest absolute Gasteiger partial charge is 0.508 e. The van der Waals surface area contributed by atoms with Crippen molar-refractivity contribution < 1.29 is 14.6 Å². The van der Waals surface area contributed by atoms with Crippen molar-refractivity contribution >= 4 is 23.4 Å². The number of carbonyl (C=O) groups excluding carboxylic acids is 1. The van der Waals surface area contributed by atoms with E-state index in [1.807, 2.05) is 0 Å². The standard InChI is InChI=1S/C11H15NO3S/c1-2-15-11(14)7-16-6-8-5-9(12)3-4-10(8)13/h3-5,13H,2,6-7,12H2,1H3. The van der Waals surface area contributed by atoms with Crippen molar-refractivity contribution in [2.75, 3.05) is 18.1 Å². The van der Waals surface area contributed by atoms with E-state index in [1.165, 1.54) is 11.8 Å². The molecule has 0 spiro atoms. The van der Waals surface area contributed by atoms with E-state index in [-0.39, 0.29) is 17.5 Å². The van der Waals surface area contributed by atoms with Crippen molar-refractivity contribution in [3.63, 3.8) is 0 Å². The Morgan fingerprint density at radius 1 is 1.56 bits per heavy atom. The first-order valence-corrected chi connectivity index (χ1v) is 6.09. The molecule has 0 saturated heterocycles. The number of phenols is 1. The van der Waals surface area contributed by atoms with Gasteiger partial charge in [-0.25, -0.2) is 0 Å². The smallest absolute Gasteiger partial charge is 0.315 e. The monoisotopic (exact) mass is 241 g/mol. The molecule has 88 valence electrons. The maximum atomic E-state index is 11.1. The summed E-state index contributed by atoms with van der Waals surface area (Å²) in [6.45, 7) is 2.16. The van der Waals surface area contributed by atoms with Crippen LogP contribution in [0.15, 0.2) is 18.2 Å². The third-order valence-electron chi connectivity index (χ3n) is 1.89. The zero-order valence-corrected chi connectivity index (χ0v) is 9.92. The molecule has 3 N–H and O–H groups in total. The van der Waals surface area contributed by atoms with Gasteiger partial charge in [0.1, 0.15) is 5.75 Å². The van der Waals surface area contributed by atoms with Crippen LogP contribution in [0, 0.1) is 0 Å². The first kappa shape index (κ1) is 12.7. The Bertz CT molecular complexity index is 368. The van der Waals surface area contributed by atoms with Crippen LogP contribution in [-0.4, -0.2) is 23.4 Å². The summed E-state index contributed by atoms with van der Waals surface area (Å²) >= 11 is 1.39. The average molecular weight is 241 g/mol. The molecular formula is C11H15NO3S. The van der Waals surface area contributed by atoms with Crippen LogP contribution in [0.3, 0.4) is 0 Å². The minimum absolute atomic E-state index is 0.200. The molecule has 0 amide bonds. The summed E-state index contributed by atoms with van der Waals surface area (Å²) in [6, 6.07) is 4.89. The van der Waals surface area contributed by atoms with Crippen molar-refractivity contribution in [3.8, 4) is 5.75 Å². The van der Waals surface area contributed by atoms with Crippen LogP contribution in [0.1, 0.15) is 12.5 Å². The van der Waals surface area contributed by atoms with Gasteiger partial charge in [0, 0.05) is 17.0 Å². The second-order valence-electron chi connectivity index (χ2n) is 3.19. The van der Waals surface area contributed by atoms with E-state index in [0.29, 0.717) is 18.0 Å². The van der Waals surface area contributed by atoms with E-state index in [0.717, 1.165) is 5.56 Å². The van der Waals surface area contributed by atoms with Crippen molar-refractivity contribution in [2.24, 2.45) is 0 Å². The lowest BCUT2D eigenvalue weighted by Crippen LogP contribution is -2.06. The fourth-order valence-electron chi connectivity index (χ4n) is 1.17. The summed E-state index contributed by atoms with van der Waals surface area (Å²) in [5.41, 5.74) is 6.93. The number of benzene rings is 1. The number of esters is 1. The fraction of sp³-hybridized carbons (Fsp3) is 0.364. The zero-order chi connectivity index (χ0) is 12.0. The average Bonchev–Trinajstić information content (AvgIpc) is 2.23. The molecule has 0 unspecified atom stereocenters. The highest BCUT2D eigenvalue weighted by molar-refractivity contribution is 7.99. The van der Waals surface area contributed by atoms with Crippen LogP contribution in [0.4, 0.5) is 5.69 Å². The van der Waals surface area contributed by atoms with Crippen LogP contribution in [-0.2, 0) is 15.3 Å². The number of anilines is 1. The molecule has 0 saturated carbocycles. The number of aromatic hydroxyl groups is 1. The van der Waals surface area contributed by atoms with E-state index < -0.39 is 0 Å². The van der Waals surface area contributed by atoms with Crippen LogP contribution >= 0.6 is 11.8 Å². The van der Waals surface area contributed by atoms with E-state index in [1.54, 1.807) is 25.1 Å². The van der Waals surface area contributed by atoms with Gasteiger partial charge in [-0.05, 0) is 25.1 Å². The van der Waals surface area contributed by atoms with Gasteiger partial charge in [-0.3, -0.25) is 4.79 Å². The van der Waals surface area contributed by atoms with Crippen LogP contribution < -0.4 is 5.73 Å². The lowest BCUT2D eigenvalue weighted by Gasteiger charge is -2.05. The number of nitrogens with two attached hydrogens (primary N) is 1. The van der Waals surface area contributed by atoms with Gasteiger partial charge < -0.3 is 15.6 Å². The number of rotatable bonds is 5. The molecule has 1 aromatic carbocycles. The van der Waals surface area contributed by atoms with Crippen molar-refractivity contribution in [1.82, 2.24) is 0 Å². The minimum Gasteiger partial charge on any atom is -0.508 e. The van der Waals surface area contributed by atoms with E-state index >= 15 is 0 Å². The summed E-state index contributed by atoms with van der Waals surface area (Å²) in [6.07, 6.45) is 0. The highest BCUT2D eigenvalue weighted by Crippen LogP contribution is 2.24. The zero-order valence-electron chi connectivity index (χ0n) is 9.10. The van der Waals surface area contributed by atoms with Crippen LogP contribution in [0.5, 0.6) is 5.75 Å². The summed E-state index contributed by atoms with van der Waals surface area (Å²) in [5, 5.41) is 9.52. The Balaban J connectivity index is 2.42. The SMILES string of the molecule is CCOC(=O)CSCc1cc(N)ccc1O. The molecule has 0 radical (unpaired) electrons. The molecule has 4 nitrogen and oxygen atoms in total. The van der Waals surface area contributed by atoms with Gasteiger partial charge >= 0.3 is 5.97 Å². The lowest BCUT2D eigenvalue weighted by atomic mass is 10.2. The number of nitrogen functional groups attached to an aromatic ring is 1. The van der Waals surface area contributed by atoms with E-state index in [9.17, 15) is 9.90 Å². The normalized spacial score (nSPS) is 10.1. The van der Waals surface area contributed by atoms with Crippen molar-refractivity contribution in [3.05, 3.63) is 23.8 Å². The number of hydrogen-bond acceptors (Lipinski definition) is 5. The molecule has 0 heterocycles. The van der Waals surface area contributed by atoms with Crippen molar-refractivity contribution in [1.29, 1.82) is 0 Å². The quantitative estimate of drug-likeness (QED) is 0.467. The summed E-state index contributed by atoms with van der Waals surface area (Å²) in [7, 11) is 0. The van der Waals surface area contributed by atoms with Gasteiger partial charge in [0.2, 0.25) is 0 Å². The van der Waals surface area contributed by atoms with Gasteiger partial charge in [-0.1, -0.05) is 0 Å². The van der Waals surface area contributed by atoms with Gasteiger partial charge in [0.05, 0.1) is 12.4 Å². The van der Waals surface area contributed by atoms with Gasteiger partial charge in [0.25, 0.3) is 0 Å². The maximum Gasteiger partial charge on any atom is 0.315 e. The van der Waals surface area contributed by atoms with E-state index in [2.05, 4.69) is 0 Å². The Morgan fingerprint density at radius 3 is 3.00 bits per heavy atom. The Labute approximate surface area is 98.8 Å². The summed E-state index contributed by atoms with van der Waals surface area (Å²) in [4.78, 5) is 11.1. The third kappa shape index (κ3) is 4.02. The van der Waals surface area contributed by atoms with Crippen molar-refractivity contribution in [2.45, 2.75) is 12.7 Å². The van der Waals surface area contributed by atoms with Gasteiger partial charge in [-0.2, -0.15) is 0 Å². The summed E-state index contributed by atoms with van der Waals surface area (Å²) in [5.74, 6) is 0.777. The molecule has 0 bridgehead atoms. The number of ether oxygens (including phenoxy) is 1. The first-order chi connectivity index (χ1) is 7.63. The molecule has 0 atom stereocenters. The third-order valence-corrected chi connectivity index (χ3v) is 2.84. The molecule has 1 rings (SSSR count). The van der Waals surface area contributed by atoms with Gasteiger partial charge in [0.15, 0.2) is 0 Å². The minimum atomic E-state index is -0.240. The molecule has 16 heavy (non-hydrogen) atoms. The Kier molecular flexibility index (Phi) is 4.98. The number of phenolic OH excluding ortho intramolecular Hbond substituents is 1. The number of hydrogen-bond donors (Lipinski definition) is 2. The first-order valence-electron chi connectivity index (χ1n) is 4.94. The molecule has 0 aliphatic rings. The maximum absolute atomic E-state index is 11.1. The Hall–Kier alpha value is -1.36. The highest BCUT2D eigenvalue weighted by Gasteiger charge is 2.05. The van der Waals surface area contributed by atoms with Gasteiger partial charge in [-0.15, -0.1) is 11.8 Å². The van der Waals surface area contributed by atoms with Crippen LogP contribution in [0.2, 0.25) is 0 Å². The predicted octanol–water partition coefficient (Wildman–Crippen LogP) is 1.77. The molecule has 0 fully saturated rings. The fourth-order valence-corrected chi connectivity index (χ4v) is 1.97. The van der Waals surface area contributed by atoms with E-state index in [4.69, 9.17) is 10.5 Å². The van der Waals surface area contributed by atoms with Crippen LogP contribution in [0.25, 0.3) is 0 Å². The number of thioether (sulfide) groups is 1. The number of carbonyl (C=O) groups is 1. The molecule has 0 aromatic heterocycles. The lowest BCUT2D eigenvalue weighted by molar-refractivity contribution is -0.139. The molecule has 1 aromatic rings. The molecule has 5 heteroatoms. The Morgan fingerprint density at radius 2 is 2.31 bits per heavy atom.